The first kappa shape index (κ1) is 11.3. The van der Waals surface area contributed by atoms with Crippen LogP contribution in [0.5, 0.6) is 0 Å². The quantitative estimate of drug-likeness (QED) is 0.772. The summed E-state index contributed by atoms with van der Waals surface area (Å²) in [6, 6.07) is 4.29. The molecule has 3 heteroatoms. The van der Waals surface area contributed by atoms with Crippen LogP contribution in [0.15, 0.2) is 18.3 Å². The van der Waals surface area contributed by atoms with Gasteiger partial charge in [-0.05, 0) is 24.5 Å². The molecule has 0 bridgehead atoms. The van der Waals surface area contributed by atoms with Crippen molar-refractivity contribution in [3.8, 4) is 0 Å². The van der Waals surface area contributed by atoms with Crippen LogP contribution in [0.4, 0.5) is 5.69 Å². The molecule has 1 N–H and O–H groups in total. The standard InChI is InChI=1S/C11H17ClN2/c1-4-10(8(2)3)14-9-5-6-13-11(12)7-9/h5-8,10H,4H2,1-3H3,(H,13,14). The molecule has 0 radical (unpaired) electrons. The molecular formula is C11H17ClN2. The van der Waals surface area contributed by atoms with E-state index >= 15 is 0 Å². The molecule has 1 unspecified atom stereocenters. The van der Waals surface area contributed by atoms with Crippen molar-refractivity contribution in [2.45, 2.75) is 33.2 Å². The van der Waals surface area contributed by atoms with Crippen LogP contribution in [0.3, 0.4) is 0 Å². The van der Waals surface area contributed by atoms with Gasteiger partial charge in [0.15, 0.2) is 0 Å². The topological polar surface area (TPSA) is 24.9 Å². The fourth-order valence-corrected chi connectivity index (χ4v) is 1.62. The Hall–Kier alpha value is -0.760. The van der Waals surface area contributed by atoms with Gasteiger partial charge in [-0.3, -0.25) is 0 Å². The third-order valence-electron chi connectivity index (χ3n) is 2.32. The largest absolute Gasteiger partial charge is 0.382 e. The summed E-state index contributed by atoms with van der Waals surface area (Å²) >= 11 is 5.80. The Morgan fingerprint density at radius 3 is 2.71 bits per heavy atom. The number of rotatable bonds is 4. The van der Waals surface area contributed by atoms with E-state index in [0.29, 0.717) is 17.1 Å². The van der Waals surface area contributed by atoms with Gasteiger partial charge in [-0.2, -0.15) is 0 Å². The number of nitrogens with zero attached hydrogens (tertiary/aromatic N) is 1. The lowest BCUT2D eigenvalue weighted by Gasteiger charge is -2.21. The average Bonchev–Trinajstić information content (AvgIpc) is 2.14. The van der Waals surface area contributed by atoms with Gasteiger partial charge in [0.05, 0.1) is 0 Å². The SMILES string of the molecule is CCC(Nc1ccnc(Cl)c1)C(C)C. The van der Waals surface area contributed by atoms with Gasteiger partial charge in [-0.25, -0.2) is 4.98 Å². The van der Waals surface area contributed by atoms with E-state index in [9.17, 15) is 0 Å². The molecule has 0 aliphatic carbocycles. The Morgan fingerprint density at radius 2 is 2.21 bits per heavy atom. The molecule has 0 aliphatic heterocycles. The predicted octanol–water partition coefficient (Wildman–Crippen LogP) is 3.58. The van der Waals surface area contributed by atoms with Gasteiger partial charge in [0.1, 0.15) is 5.15 Å². The third kappa shape index (κ3) is 3.18. The molecule has 0 aromatic carbocycles. The molecule has 0 spiro atoms. The average molecular weight is 213 g/mol. The van der Waals surface area contributed by atoms with Gasteiger partial charge in [0, 0.05) is 17.9 Å². The summed E-state index contributed by atoms with van der Waals surface area (Å²) in [6.45, 7) is 6.61. The van der Waals surface area contributed by atoms with Crippen LogP contribution in [-0.4, -0.2) is 11.0 Å². The molecule has 0 saturated heterocycles. The molecule has 1 aromatic heterocycles. The molecule has 0 fully saturated rings. The lowest BCUT2D eigenvalue weighted by Crippen LogP contribution is -2.24. The van der Waals surface area contributed by atoms with E-state index in [1.807, 2.05) is 12.1 Å². The first-order valence-electron chi connectivity index (χ1n) is 5.01. The number of anilines is 1. The van der Waals surface area contributed by atoms with Crippen LogP contribution in [0.2, 0.25) is 5.15 Å². The molecule has 0 amide bonds. The molecular weight excluding hydrogens is 196 g/mol. The van der Waals surface area contributed by atoms with Gasteiger partial charge in [0.2, 0.25) is 0 Å². The van der Waals surface area contributed by atoms with Crippen LogP contribution in [0, 0.1) is 5.92 Å². The summed E-state index contributed by atoms with van der Waals surface area (Å²) < 4.78 is 0. The number of pyridine rings is 1. The van der Waals surface area contributed by atoms with Crippen molar-refractivity contribution >= 4 is 17.3 Å². The number of halogens is 1. The van der Waals surface area contributed by atoms with Gasteiger partial charge in [-0.15, -0.1) is 0 Å². The van der Waals surface area contributed by atoms with Crippen LogP contribution >= 0.6 is 11.6 Å². The Labute approximate surface area is 90.7 Å². The van der Waals surface area contributed by atoms with E-state index < -0.39 is 0 Å². The maximum absolute atomic E-state index is 5.80. The zero-order valence-corrected chi connectivity index (χ0v) is 9.67. The highest BCUT2D eigenvalue weighted by atomic mass is 35.5. The highest BCUT2D eigenvalue weighted by molar-refractivity contribution is 6.29. The Balaban J connectivity index is 2.67. The number of aromatic nitrogens is 1. The first-order valence-corrected chi connectivity index (χ1v) is 5.39. The number of hydrogen-bond acceptors (Lipinski definition) is 2. The van der Waals surface area contributed by atoms with Gasteiger partial charge in [0.25, 0.3) is 0 Å². The maximum Gasteiger partial charge on any atom is 0.131 e. The van der Waals surface area contributed by atoms with Crippen LogP contribution in [0.25, 0.3) is 0 Å². The molecule has 1 rings (SSSR count). The third-order valence-corrected chi connectivity index (χ3v) is 2.53. The Morgan fingerprint density at radius 1 is 1.50 bits per heavy atom. The van der Waals surface area contributed by atoms with Gasteiger partial charge >= 0.3 is 0 Å². The molecule has 1 heterocycles. The molecule has 0 saturated carbocycles. The summed E-state index contributed by atoms with van der Waals surface area (Å²) in [4.78, 5) is 3.94. The molecule has 1 atom stereocenters. The van der Waals surface area contributed by atoms with Gasteiger partial charge < -0.3 is 5.32 Å². The summed E-state index contributed by atoms with van der Waals surface area (Å²) in [5.74, 6) is 0.618. The maximum atomic E-state index is 5.80. The Kier molecular flexibility index (Phi) is 4.21. The van der Waals surface area contributed by atoms with Crippen LogP contribution < -0.4 is 5.32 Å². The summed E-state index contributed by atoms with van der Waals surface area (Å²) in [5.41, 5.74) is 1.05. The van der Waals surface area contributed by atoms with E-state index in [0.717, 1.165) is 12.1 Å². The fourth-order valence-electron chi connectivity index (χ4n) is 1.45. The van der Waals surface area contributed by atoms with Crippen molar-refractivity contribution in [1.29, 1.82) is 0 Å². The zero-order chi connectivity index (χ0) is 10.6. The zero-order valence-electron chi connectivity index (χ0n) is 8.92. The number of hydrogen-bond donors (Lipinski definition) is 1. The minimum Gasteiger partial charge on any atom is -0.382 e. The van der Waals surface area contributed by atoms with E-state index in [-0.39, 0.29) is 0 Å². The highest BCUT2D eigenvalue weighted by Gasteiger charge is 2.10. The van der Waals surface area contributed by atoms with Crippen molar-refractivity contribution in [3.63, 3.8) is 0 Å². The molecule has 1 aromatic rings. The minimum absolute atomic E-state index is 0.494. The first-order chi connectivity index (χ1) is 6.63. The lowest BCUT2D eigenvalue weighted by molar-refractivity contribution is 0.511. The second kappa shape index (κ2) is 5.20. The fraction of sp³-hybridized carbons (Fsp3) is 0.545. The second-order valence-electron chi connectivity index (χ2n) is 3.77. The summed E-state index contributed by atoms with van der Waals surface area (Å²) in [5, 5.41) is 3.98. The minimum atomic E-state index is 0.494. The smallest absolute Gasteiger partial charge is 0.131 e. The lowest BCUT2D eigenvalue weighted by atomic mass is 10.0. The molecule has 14 heavy (non-hydrogen) atoms. The highest BCUT2D eigenvalue weighted by Crippen LogP contribution is 2.17. The van der Waals surface area contributed by atoms with Crippen molar-refractivity contribution < 1.29 is 0 Å². The molecule has 2 nitrogen and oxygen atoms in total. The summed E-state index contributed by atoms with van der Waals surface area (Å²) in [7, 11) is 0. The normalized spacial score (nSPS) is 12.9. The summed E-state index contributed by atoms with van der Waals surface area (Å²) in [6.07, 6.45) is 2.83. The van der Waals surface area contributed by atoms with Crippen molar-refractivity contribution in [3.05, 3.63) is 23.5 Å². The monoisotopic (exact) mass is 212 g/mol. The van der Waals surface area contributed by atoms with Crippen molar-refractivity contribution in [2.24, 2.45) is 5.92 Å². The van der Waals surface area contributed by atoms with E-state index in [2.05, 4.69) is 31.1 Å². The van der Waals surface area contributed by atoms with Gasteiger partial charge in [-0.1, -0.05) is 32.4 Å². The second-order valence-corrected chi connectivity index (χ2v) is 4.16. The van der Waals surface area contributed by atoms with Crippen LogP contribution in [-0.2, 0) is 0 Å². The molecule has 0 aliphatic rings. The van der Waals surface area contributed by atoms with Crippen molar-refractivity contribution in [1.82, 2.24) is 4.98 Å². The van der Waals surface area contributed by atoms with E-state index in [1.165, 1.54) is 0 Å². The predicted molar refractivity (Wildman–Crippen MR) is 61.8 cm³/mol. The Bertz CT molecular complexity index is 286. The van der Waals surface area contributed by atoms with Crippen molar-refractivity contribution in [2.75, 3.05) is 5.32 Å². The van der Waals surface area contributed by atoms with E-state index in [1.54, 1.807) is 6.20 Å². The van der Waals surface area contributed by atoms with Crippen LogP contribution in [0.1, 0.15) is 27.2 Å². The number of nitrogens with one attached hydrogen (secondary N) is 1. The van der Waals surface area contributed by atoms with E-state index in [4.69, 9.17) is 11.6 Å². The molecule has 78 valence electrons.